The van der Waals surface area contributed by atoms with Crippen LogP contribution in [0.3, 0.4) is 0 Å². The van der Waals surface area contributed by atoms with Crippen LogP contribution in [0.1, 0.15) is 17.2 Å². The Morgan fingerprint density at radius 3 is 2.47 bits per heavy atom. The van der Waals surface area contributed by atoms with E-state index in [-0.39, 0.29) is 6.04 Å². The monoisotopic (exact) mass is 265 g/mol. The zero-order valence-corrected chi connectivity index (χ0v) is 12.8. The van der Waals surface area contributed by atoms with Gasteiger partial charge in [0.2, 0.25) is 0 Å². The fourth-order valence-corrected chi connectivity index (χ4v) is 2.04. The van der Waals surface area contributed by atoms with Crippen LogP contribution >= 0.6 is 0 Å². The highest BCUT2D eigenvalue weighted by Gasteiger charge is 2.14. The Labute approximate surface area is 117 Å². The number of rotatable bonds is 7. The molecule has 0 aliphatic heterocycles. The molecule has 1 aromatic carbocycles. The number of hydrogen-bond acceptors (Lipinski definition) is 4. The number of aryl methyl sites for hydroxylation is 1. The van der Waals surface area contributed by atoms with E-state index >= 15 is 0 Å². The van der Waals surface area contributed by atoms with Gasteiger partial charge >= 0.3 is 0 Å². The van der Waals surface area contributed by atoms with E-state index in [0.29, 0.717) is 0 Å². The molecule has 0 saturated carbocycles. The lowest BCUT2D eigenvalue weighted by Gasteiger charge is -2.24. The molecular formula is C15H27N3O. The van der Waals surface area contributed by atoms with Crippen LogP contribution in [0.2, 0.25) is 0 Å². The van der Waals surface area contributed by atoms with E-state index in [2.05, 4.69) is 43.9 Å². The summed E-state index contributed by atoms with van der Waals surface area (Å²) in [5, 5.41) is 0. The van der Waals surface area contributed by atoms with Gasteiger partial charge in [-0.25, -0.2) is 0 Å². The van der Waals surface area contributed by atoms with Crippen LogP contribution in [0.25, 0.3) is 0 Å². The molecule has 0 aromatic heterocycles. The summed E-state index contributed by atoms with van der Waals surface area (Å²) in [4.78, 5) is 4.43. The Morgan fingerprint density at radius 1 is 1.21 bits per heavy atom. The van der Waals surface area contributed by atoms with E-state index in [1.165, 1.54) is 5.56 Å². The van der Waals surface area contributed by atoms with Gasteiger partial charge in [0.1, 0.15) is 5.75 Å². The van der Waals surface area contributed by atoms with Crippen molar-refractivity contribution in [2.24, 2.45) is 5.73 Å². The van der Waals surface area contributed by atoms with Crippen molar-refractivity contribution < 1.29 is 4.74 Å². The largest absolute Gasteiger partial charge is 0.496 e. The minimum Gasteiger partial charge on any atom is -0.496 e. The minimum atomic E-state index is -0.0259. The molecule has 0 aliphatic carbocycles. The van der Waals surface area contributed by atoms with E-state index in [4.69, 9.17) is 10.5 Å². The summed E-state index contributed by atoms with van der Waals surface area (Å²) in [6.45, 7) is 4.95. The molecule has 2 N–H and O–H groups in total. The first-order valence-electron chi connectivity index (χ1n) is 6.67. The van der Waals surface area contributed by atoms with Crippen molar-refractivity contribution in [3.05, 3.63) is 29.3 Å². The van der Waals surface area contributed by atoms with Gasteiger partial charge in [0.25, 0.3) is 0 Å². The zero-order valence-electron chi connectivity index (χ0n) is 12.8. The van der Waals surface area contributed by atoms with Crippen molar-refractivity contribution in [2.75, 3.05) is 47.9 Å². The predicted molar refractivity (Wildman–Crippen MR) is 80.7 cm³/mol. The van der Waals surface area contributed by atoms with Crippen molar-refractivity contribution in [1.29, 1.82) is 0 Å². The molecular weight excluding hydrogens is 238 g/mol. The van der Waals surface area contributed by atoms with Crippen molar-refractivity contribution in [3.63, 3.8) is 0 Å². The molecule has 0 fully saturated rings. The number of nitrogens with zero attached hydrogens (tertiary/aromatic N) is 2. The van der Waals surface area contributed by atoms with Gasteiger partial charge < -0.3 is 20.3 Å². The number of methoxy groups -OCH3 is 1. The minimum absolute atomic E-state index is 0.0259. The smallest absolute Gasteiger partial charge is 0.123 e. The van der Waals surface area contributed by atoms with Crippen LogP contribution in [0, 0.1) is 6.92 Å². The van der Waals surface area contributed by atoms with Crippen LogP contribution < -0.4 is 10.5 Å². The molecule has 0 saturated heterocycles. The molecule has 0 aliphatic rings. The van der Waals surface area contributed by atoms with Gasteiger partial charge in [0.05, 0.1) is 7.11 Å². The van der Waals surface area contributed by atoms with E-state index < -0.39 is 0 Å². The summed E-state index contributed by atoms with van der Waals surface area (Å²) in [7, 11) is 7.96. The average molecular weight is 265 g/mol. The summed E-state index contributed by atoms with van der Waals surface area (Å²) in [5.41, 5.74) is 8.61. The number of likely N-dealkylation sites (N-methyl/N-ethyl adjacent to an activating group) is 2. The standard InChI is InChI=1S/C15H27N3O/c1-12-6-7-15(19-5)13(10-12)14(16)11-18(4)9-8-17(2)3/h6-7,10,14H,8-9,11,16H2,1-5H3. The molecule has 4 nitrogen and oxygen atoms in total. The van der Waals surface area contributed by atoms with E-state index in [9.17, 15) is 0 Å². The third-order valence-electron chi connectivity index (χ3n) is 3.22. The number of benzene rings is 1. The molecule has 4 heteroatoms. The summed E-state index contributed by atoms with van der Waals surface area (Å²) in [6, 6.07) is 6.13. The first-order valence-corrected chi connectivity index (χ1v) is 6.67. The zero-order chi connectivity index (χ0) is 14.4. The molecule has 0 radical (unpaired) electrons. The van der Waals surface area contributed by atoms with Crippen molar-refractivity contribution in [3.8, 4) is 5.75 Å². The molecule has 0 amide bonds. The van der Waals surface area contributed by atoms with E-state index in [1.807, 2.05) is 12.1 Å². The highest BCUT2D eigenvalue weighted by atomic mass is 16.5. The van der Waals surface area contributed by atoms with Crippen LogP contribution in [0.5, 0.6) is 5.75 Å². The van der Waals surface area contributed by atoms with Gasteiger partial charge in [-0.3, -0.25) is 0 Å². The number of hydrogen-bond donors (Lipinski definition) is 1. The van der Waals surface area contributed by atoms with Crippen LogP contribution in [0.15, 0.2) is 18.2 Å². The lowest BCUT2D eigenvalue weighted by atomic mass is 10.0. The Hall–Kier alpha value is -1.10. The fraction of sp³-hybridized carbons (Fsp3) is 0.600. The Balaban J connectivity index is 2.66. The molecule has 1 atom stereocenters. The number of nitrogens with two attached hydrogens (primary N) is 1. The third kappa shape index (κ3) is 5.19. The quantitative estimate of drug-likeness (QED) is 0.811. The second-order valence-corrected chi connectivity index (χ2v) is 5.42. The molecule has 0 spiro atoms. The molecule has 0 heterocycles. The normalized spacial score (nSPS) is 13.1. The second kappa shape index (κ2) is 7.48. The highest BCUT2D eigenvalue weighted by Crippen LogP contribution is 2.25. The first kappa shape index (κ1) is 16.0. The van der Waals surface area contributed by atoms with Gasteiger partial charge in [0, 0.05) is 31.2 Å². The topological polar surface area (TPSA) is 41.7 Å². The molecule has 0 bridgehead atoms. The lowest BCUT2D eigenvalue weighted by Crippen LogP contribution is -2.34. The summed E-state index contributed by atoms with van der Waals surface area (Å²) < 4.78 is 5.39. The average Bonchev–Trinajstić information content (AvgIpc) is 2.36. The maximum atomic E-state index is 6.31. The van der Waals surface area contributed by atoms with Crippen molar-refractivity contribution in [1.82, 2.24) is 9.80 Å². The van der Waals surface area contributed by atoms with Crippen molar-refractivity contribution in [2.45, 2.75) is 13.0 Å². The van der Waals surface area contributed by atoms with Gasteiger partial charge in [-0.1, -0.05) is 17.7 Å². The second-order valence-electron chi connectivity index (χ2n) is 5.42. The Morgan fingerprint density at radius 2 is 1.89 bits per heavy atom. The highest BCUT2D eigenvalue weighted by molar-refractivity contribution is 5.39. The van der Waals surface area contributed by atoms with Crippen LogP contribution in [-0.4, -0.2) is 57.7 Å². The van der Waals surface area contributed by atoms with E-state index in [1.54, 1.807) is 7.11 Å². The van der Waals surface area contributed by atoms with Crippen LogP contribution in [-0.2, 0) is 0 Å². The Bertz CT molecular complexity index is 393. The molecule has 1 aromatic rings. The van der Waals surface area contributed by atoms with E-state index in [0.717, 1.165) is 30.9 Å². The van der Waals surface area contributed by atoms with Gasteiger partial charge in [0.15, 0.2) is 0 Å². The molecule has 1 rings (SSSR count). The third-order valence-corrected chi connectivity index (χ3v) is 3.22. The van der Waals surface area contributed by atoms with Gasteiger partial charge in [-0.15, -0.1) is 0 Å². The molecule has 108 valence electrons. The first-order chi connectivity index (χ1) is 8.93. The summed E-state index contributed by atoms with van der Waals surface area (Å²) in [6.07, 6.45) is 0. The maximum absolute atomic E-state index is 6.31. The summed E-state index contributed by atoms with van der Waals surface area (Å²) >= 11 is 0. The maximum Gasteiger partial charge on any atom is 0.123 e. The van der Waals surface area contributed by atoms with Gasteiger partial charge in [-0.05, 0) is 34.1 Å². The summed E-state index contributed by atoms with van der Waals surface area (Å²) in [5.74, 6) is 0.874. The van der Waals surface area contributed by atoms with Gasteiger partial charge in [-0.2, -0.15) is 0 Å². The number of ether oxygens (including phenoxy) is 1. The predicted octanol–water partition coefficient (Wildman–Crippen LogP) is 1.50. The van der Waals surface area contributed by atoms with Crippen molar-refractivity contribution >= 4 is 0 Å². The van der Waals surface area contributed by atoms with Crippen LogP contribution in [0.4, 0.5) is 0 Å². The molecule has 1 unspecified atom stereocenters. The SMILES string of the molecule is COc1ccc(C)cc1C(N)CN(C)CCN(C)C. The Kier molecular flexibility index (Phi) is 6.28. The fourth-order valence-electron chi connectivity index (χ4n) is 2.04. The molecule has 19 heavy (non-hydrogen) atoms. The lowest BCUT2D eigenvalue weighted by molar-refractivity contribution is 0.268.